The number of rotatable bonds is 4. The first kappa shape index (κ1) is 12.4. The molecule has 92 valence electrons. The van der Waals surface area contributed by atoms with Gasteiger partial charge in [0.1, 0.15) is 12.4 Å². The van der Waals surface area contributed by atoms with Gasteiger partial charge in [-0.05, 0) is 29.8 Å². The molecule has 4 nitrogen and oxygen atoms in total. The maximum Gasteiger partial charge on any atom is 0.138 e. The Morgan fingerprint density at radius 3 is 2.94 bits per heavy atom. The molecule has 0 spiro atoms. The lowest BCUT2D eigenvalue weighted by molar-refractivity contribution is 0.306. The van der Waals surface area contributed by atoms with Crippen LogP contribution in [0.5, 0.6) is 5.75 Å². The lowest BCUT2D eigenvalue weighted by Gasteiger charge is -2.08. The minimum absolute atomic E-state index is 0.404. The number of oxime groups is 1. The molecule has 0 aliphatic carbocycles. The summed E-state index contributed by atoms with van der Waals surface area (Å²) in [5.74, 6) is 0.579. The number of nitrogens with zero attached hydrogens (tertiary/aromatic N) is 2. The summed E-state index contributed by atoms with van der Waals surface area (Å²) in [7, 11) is 0. The molecule has 0 aliphatic rings. The van der Waals surface area contributed by atoms with Gasteiger partial charge in [0.25, 0.3) is 0 Å². The van der Waals surface area contributed by atoms with Crippen molar-refractivity contribution in [3.05, 3.63) is 58.9 Å². The third-order valence-electron chi connectivity index (χ3n) is 2.28. The normalized spacial score (nSPS) is 10.7. The summed E-state index contributed by atoms with van der Waals surface area (Å²) in [6.07, 6.45) is 4.75. The Balaban J connectivity index is 2.06. The van der Waals surface area contributed by atoms with Crippen LogP contribution < -0.4 is 4.74 Å². The van der Waals surface area contributed by atoms with Crippen LogP contribution in [-0.4, -0.2) is 16.4 Å². The SMILES string of the molecule is O/N=C/c1ccc(OCc2cccnc2)c(Cl)c1. The molecule has 0 radical (unpaired) electrons. The van der Waals surface area contributed by atoms with Gasteiger partial charge in [-0.15, -0.1) is 0 Å². The maximum atomic E-state index is 8.42. The van der Waals surface area contributed by atoms with E-state index in [-0.39, 0.29) is 0 Å². The van der Waals surface area contributed by atoms with Crippen molar-refractivity contribution in [2.45, 2.75) is 6.61 Å². The lowest BCUT2D eigenvalue weighted by Crippen LogP contribution is -1.96. The molecule has 0 aliphatic heterocycles. The number of aromatic nitrogens is 1. The zero-order chi connectivity index (χ0) is 12.8. The van der Waals surface area contributed by atoms with Crippen LogP contribution in [0.15, 0.2) is 47.9 Å². The summed E-state index contributed by atoms with van der Waals surface area (Å²) in [5.41, 5.74) is 1.67. The maximum absolute atomic E-state index is 8.42. The fourth-order valence-corrected chi connectivity index (χ4v) is 1.67. The highest BCUT2D eigenvalue weighted by Crippen LogP contribution is 2.25. The number of halogens is 1. The molecule has 0 bridgehead atoms. The van der Waals surface area contributed by atoms with Crippen LogP contribution in [0, 0.1) is 0 Å². The molecule has 18 heavy (non-hydrogen) atoms. The first-order valence-corrected chi connectivity index (χ1v) is 5.66. The van der Waals surface area contributed by atoms with Crippen LogP contribution in [-0.2, 0) is 6.61 Å². The summed E-state index contributed by atoms with van der Waals surface area (Å²) in [4.78, 5) is 4.00. The number of benzene rings is 1. The van der Waals surface area contributed by atoms with Crippen molar-refractivity contribution in [3.63, 3.8) is 0 Å². The number of hydrogen-bond donors (Lipinski definition) is 1. The van der Waals surface area contributed by atoms with Crippen molar-refractivity contribution in [1.82, 2.24) is 4.98 Å². The topological polar surface area (TPSA) is 54.7 Å². The van der Waals surface area contributed by atoms with Gasteiger partial charge in [0.15, 0.2) is 0 Å². The third kappa shape index (κ3) is 3.21. The van der Waals surface area contributed by atoms with Crippen LogP contribution in [0.25, 0.3) is 0 Å². The van der Waals surface area contributed by atoms with E-state index in [1.54, 1.807) is 30.6 Å². The van der Waals surface area contributed by atoms with Gasteiger partial charge in [0.2, 0.25) is 0 Å². The Labute approximate surface area is 109 Å². The molecule has 1 N–H and O–H groups in total. The summed E-state index contributed by atoms with van der Waals surface area (Å²) in [5, 5.41) is 11.8. The van der Waals surface area contributed by atoms with E-state index in [0.717, 1.165) is 5.56 Å². The molecule has 5 heteroatoms. The van der Waals surface area contributed by atoms with E-state index in [1.165, 1.54) is 6.21 Å². The highest BCUT2D eigenvalue weighted by molar-refractivity contribution is 6.32. The average molecular weight is 263 g/mol. The molecule has 1 aromatic carbocycles. The molecule has 0 atom stereocenters. The Morgan fingerprint density at radius 1 is 1.39 bits per heavy atom. The van der Waals surface area contributed by atoms with Crippen LogP contribution >= 0.6 is 11.6 Å². The molecule has 0 saturated carbocycles. The van der Waals surface area contributed by atoms with E-state index in [0.29, 0.717) is 22.9 Å². The molecular weight excluding hydrogens is 252 g/mol. The standard InChI is InChI=1S/C13H11ClN2O2/c14-12-6-10(8-16-17)3-4-13(12)18-9-11-2-1-5-15-7-11/h1-8,17H,9H2/b16-8+. The Hall–Kier alpha value is -2.07. The van der Waals surface area contributed by atoms with Crippen molar-refractivity contribution in [2.75, 3.05) is 0 Å². The summed E-state index contributed by atoms with van der Waals surface area (Å²) < 4.78 is 5.58. The molecule has 1 heterocycles. The smallest absolute Gasteiger partial charge is 0.138 e. The van der Waals surface area contributed by atoms with E-state index in [9.17, 15) is 0 Å². The van der Waals surface area contributed by atoms with Gasteiger partial charge in [-0.25, -0.2) is 0 Å². The molecule has 0 unspecified atom stereocenters. The minimum Gasteiger partial charge on any atom is -0.487 e. The molecule has 1 aromatic heterocycles. The average Bonchev–Trinajstić information content (AvgIpc) is 2.39. The highest BCUT2D eigenvalue weighted by Gasteiger charge is 2.03. The molecule has 0 amide bonds. The summed E-state index contributed by atoms with van der Waals surface area (Å²) >= 11 is 6.05. The second-order valence-electron chi connectivity index (χ2n) is 3.58. The number of hydrogen-bond acceptors (Lipinski definition) is 4. The van der Waals surface area contributed by atoms with Crippen molar-refractivity contribution in [3.8, 4) is 5.75 Å². The Bertz CT molecular complexity index is 544. The molecule has 0 fully saturated rings. The predicted molar refractivity (Wildman–Crippen MR) is 69.4 cm³/mol. The van der Waals surface area contributed by atoms with Gasteiger partial charge < -0.3 is 9.94 Å². The van der Waals surface area contributed by atoms with Crippen molar-refractivity contribution in [2.24, 2.45) is 5.16 Å². The fourth-order valence-electron chi connectivity index (χ4n) is 1.43. The van der Waals surface area contributed by atoms with E-state index in [4.69, 9.17) is 21.5 Å². The fraction of sp³-hybridized carbons (Fsp3) is 0.0769. The molecule has 2 rings (SSSR count). The van der Waals surface area contributed by atoms with E-state index >= 15 is 0 Å². The monoisotopic (exact) mass is 262 g/mol. The third-order valence-corrected chi connectivity index (χ3v) is 2.58. The predicted octanol–water partition coefficient (Wildman–Crippen LogP) is 3.12. The largest absolute Gasteiger partial charge is 0.487 e. The second-order valence-corrected chi connectivity index (χ2v) is 3.99. The van der Waals surface area contributed by atoms with E-state index in [2.05, 4.69) is 10.1 Å². The molecule has 0 saturated heterocycles. The second kappa shape index (κ2) is 6.02. The lowest BCUT2D eigenvalue weighted by atomic mass is 10.2. The van der Waals surface area contributed by atoms with Crippen LogP contribution in [0.2, 0.25) is 5.02 Å². The van der Waals surface area contributed by atoms with Gasteiger partial charge in [0.05, 0.1) is 11.2 Å². The Morgan fingerprint density at radius 2 is 2.28 bits per heavy atom. The van der Waals surface area contributed by atoms with Gasteiger partial charge in [-0.3, -0.25) is 4.98 Å². The van der Waals surface area contributed by atoms with Crippen LogP contribution in [0.3, 0.4) is 0 Å². The Kier molecular flexibility index (Phi) is 4.15. The summed E-state index contributed by atoms with van der Waals surface area (Å²) in [6.45, 7) is 0.404. The number of pyridine rings is 1. The number of ether oxygens (including phenoxy) is 1. The zero-order valence-corrected chi connectivity index (χ0v) is 10.2. The van der Waals surface area contributed by atoms with Gasteiger partial charge in [0, 0.05) is 18.0 Å². The van der Waals surface area contributed by atoms with Crippen molar-refractivity contribution >= 4 is 17.8 Å². The first-order chi connectivity index (χ1) is 8.79. The zero-order valence-electron chi connectivity index (χ0n) is 9.45. The minimum atomic E-state index is 0.404. The first-order valence-electron chi connectivity index (χ1n) is 5.28. The van der Waals surface area contributed by atoms with Gasteiger partial charge in [-0.2, -0.15) is 0 Å². The van der Waals surface area contributed by atoms with E-state index in [1.807, 2.05) is 12.1 Å². The van der Waals surface area contributed by atoms with Crippen molar-refractivity contribution < 1.29 is 9.94 Å². The molecular formula is C13H11ClN2O2. The summed E-state index contributed by atoms with van der Waals surface area (Å²) in [6, 6.07) is 8.93. The quantitative estimate of drug-likeness (QED) is 0.523. The highest BCUT2D eigenvalue weighted by atomic mass is 35.5. The molecule has 2 aromatic rings. The van der Waals surface area contributed by atoms with Crippen molar-refractivity contribution in [1.29, 1.82) is 0 Å². The van der Waals surface area contributed by atoms with Crippen LogP contribution in [0.1, 0.15) is 11.1 Å². The van der Waals surface area contributed by atoms with Gasteiger partial charge in [-0.1, -0.05) is 22.8 Å². The van der Waals surface area contributed by atoms with Crippen LogP contribution in [0.4, 0.5) is 0 Å². The van der Waals surface area contributed by atoms with Gasteiger partial charge >= 0.3 is 0 Å². The van der Waals surface area contributed by atoms with E-state index < -0.39 is 0 Å².